The van der Waals surface area contributed by atoms with Crippen molar-refractivity contribution in [2.75, 3.05) is 11.1 Å². The number of aryl methyl sites for hydroxylation is 2. The molecule has 14 nitrogen and oxygen atoms in total. The average Bonchev–Trinajstić information content (AvgIpc) is 2.93. The molecule has 238 valence electrons. The lowest BCUT2D eigenvalue weighted by atomic mass is 10.00. The molecule has 0 spiro atoms. The van der Waals surface area contributed by atoms with E-state index in [1.54, 1.807) is 25.1 Å². The summed E-state index contributed by atoms with van der Waals surface area (Å²) in [7, 11) is -9.99. The van der Waals surface area contributed by atoms with Crippen molar-refractivity contribution in [3.05, 3.63) is 65.7 Å². The summed E-state index contributed by atoms with van der Waals surface area (Å²) in [4.78, 5) is 18.6. The van der Waals surface area contributed by atoms with Crippen molar-refractivity contribution < 1.29 is 40.6 Å². The summed E-state index contributed by atoms with van der Waals surface area (Å²) >= 11 is 0. The number of hydrogen-bond donors (Lipinski definition) is 6. The molecule has 0 saturated heterocycles. The summed E-state index contributed by atoms with van der Waals surface area (Å²) in [5.41, 5.74) is 14.3. The Hall–Kier alpha value is -4.90. The number of fused-ring (bicyclic) bond motifs is 1. The number of nitrogens with zero attached hydrogens (tertiary/aromatic N) is 2. The van der Waals surface area contributed by atoms with Crippen LogP contribution in [-0.4, -0.2) is 43.4 Å². The van der Waals surface area contributed by atoms with E-state index in [4.69, 9.17) is 11.5 Å². The van der Waals surface area contributed by atoms with Crippen molar-refractivity contribution >= 4 is 66.1 Å². The molecule has 0 bridgehead atoms. The molecule has 0 radical (unpaired) electrons. The number of phenols is 1. The van der Waals surface area contributed by atoms with E-state index in [-0.39, 0.29) is 17.0 Å². The number of nitrogens with one attached hydrogen (secondary N) is 1. The van der Waals surface area contributed by atoms with Gasteiger partial charge in [0.15, 0.2) is 5.75 Å². The Morgan fingerprint density at radius 1 is 0.867 bits per heavy atom. The Morgan fingerprint density at radius 3 is 1.91 bits per heavy atom. The summed E-state index contributed by atoms with van der Waals surface area (Å²) in [6.45, 7) is 5.58. The minimum absolute atomic E-state index is 0.180. The molecule has 0 heterocycles. The van der Waals surface area contributed by atoms with Gasteiger partial charge in [0, 0.05) is 17.5 Å². The molecule has 2 amide bonds. The van der Waals surface area contributed by atoms with Crippen LogP contribution in [0.2, 0.25) is 0 Å². The van der Waals surface area contributed by atoms with E-state index in [1.165, 1.54) is 6.07 Å². The molecule has 8 N–H and O–H groups in total. The van der Waals surface area contributed by atoms with Crippen LogP contribution < -0.4 is 16.8 Å². The monoisotopic (exact) mass is 657 g/mol. The molecule has 0 aliphatic heterocycles. The number of amides is 2. The number of phenolic OH excluding ortho intramolecular Hbond substituents is 1. The third kappa shape index (κ3) is 8.18. The van der Waals surface area contributed by atoms with E-state index in [0.717, 1.165) is 34.7 Å². The van der Waals surface area contributed by atoms with Crippen LogP contribution in [0.5, 0.6) is 5.75 Å². The third-order valence-electron chi connectivity index (χ3n) is 6.51. The quantitative estimate of drug-likeness (QED) is 0.0596. The van der Waals surface area contributed by atoms with Gasteiger partial charge < -0.3 is 21.9 Å². The average molecular weight is 658 g/mol. The van der Waals surface area contributed by atoms with Gasteiger partial charge in [-0.1, -0.05) is 25.1 Å². The van der Waals surface area contributed by atoms with Gasteiger partial charge in [-0.05, 0) is 78.9 Å². The molecule has 0 fully saturated rings. The van der Waals surface area contributed by atoms with E-state index in [0.29, 0.717) is 30.3 Å². The van der Waals surface area contributed by atoms with Crippen molar-refractivity contribution in [1.29, 1.82) is 0 Å². The molecule has 0 saturated carbocycles. The van der Waals surface area contributed by atoms with Crippen LogP contribution in [-0.2, 0) is 29.8 Å². The molecule has 0 aromatic heterocycles. The van der Waals surface area contributed by atoms with Gasteiger partial charge in [-0.2, -0.15) is 21.9 Å². The van der Waals surface area contributed by atoms with Crippen molar-refractivity contribution in [2.45, 2.75) is 43.4 Å². The lowest BCUT2D eigenvalue weighted by Crippen LogP contribution is -2.08. The van der Waals surface area contributed by atoms with Gasteiger partial charge in [-0.25, -0.2) is 0 Å². The number of nitrogen functional groups attached to an aromatic ring is 1. The maximum absolute atomic E-state index is 11.9. The zero-order valence-corrected chi connectivity index (χ0v) is 26.0. The van der Waals surface area contributed by atoms with Crippen LogP contribution in [0.25, 0.3) is 21.9 Å². The first-order valence-electron chi connectivity index (χ1n) is 13.1. The number of hydrogen-bond acceptors (Lipinski definition) is 10. The molecular weight excluding hydrogens is 626 g/mol. The number of nitrogens with two attached hydrogens (primary N) is 2. The third-order valence-corrected chi connectivity index (χ3v) is 8.29. The summed E-state index contributed by atoms with van der Waals surface area (Å²) < 4.78 is 66.4. The predicted molar refractivity (Wildman–Crippen MR) is 169 cm³/mol. The highest BCUT2D eigenvalue weighted by atomic mass is 32.2. The lowest BCUT2D eigenvalue weighted by Gasteiger charge is -2.13. The summed E-state index contributed by atoms with van der Waals surface area (Å²) in [6, 6.07) is 13.8. The number of carbonyl (C=O) groups is 2. The molecule has 0 unspecified atom stereocenters. The van der Waals surface area contributed by atoms with E-state index in [1.807, 2.05) is 32.0 Å². The second kappa shape index (κ2) is 13.8. The molecule has 16 heteroatoms. The van der Waals surface area contributed by atoms with Crippen molar-refractivity contribution in [2.24, 2.45) is 16.0 Å². The predicted octanol–water partition coefficient (Wildman–Crippen LogP) is 5.16. The van der Waals surface area contributed by atoms with Gasteiger partial charge in [0.1, 0.15) is 15.5 Å². The van der Waals surface area contributed by atoms with Gasteiger partial charge in [0.25, 0.3) is 20.2 Å². The number of primary amides is 1. The van der Waals surface area contributed by atoms with Gasteiger partial charge >= 0.3 is 0 Å². The SMILES string of the molecule is CCCC(N)=O.Cc1cc(-c2ccc(NC=O)c(C)c2)ccc1N=Nc1ccc2c(S(=O)(=O)O)cc(S(=O)(=O)O)c(N)c2c1O. The number of azo groups is 1. The normalized spacial score (nSPS) is 11.7. The maximum Gasteiger partial charge on any atom is 0.296 e. The maximum atomic E-state index is 11.9. The van der Waals surface area contributed by atoms with Gasteiger partial charge in [0.2, 0.25) is 12.3 Å². The van der Waals surface area contributed by atoms with Crippen LogP contribution in [0.3, 0.4) is 0 Å². The first-order valence-corrected chi connectivity index (χ1v) is 16.0. The highest BCUT2D eigenvalue weighted by Crippen LogP contribution is 2.43. The van der Waals surface area contributed by atoms with E-state index in [9.17, 15) is 40.6 Å². The zero-order valence-electron chi connectivity index (χ0n) is 24.3. The Balaban J connectivity index is 0.000000838. The molecule has 4 aromatic carbocycles. The number of anilines is 2. The van der Waals surface area contributed by atoms with Crippen LogP contribution >= 0.6 is 0 Å². The van der Waals surface area contributed by atoms with E-state index < -0.39 is 46.9 Å². The van der Waals surface area contributed by atoms with Crippen LogP contribution in [0.1, 0.15) is 30.9 Å². The van der Waals surface area contributed by atoms with Gasteiger partial charge in [-0.3, -0.25) is 18.7 Å². The number of aromatic hydroxyl groups is 1. The number of rotatable bonds is 9. The summed E-state index contributed by atoms with van der Waals surface area (Å²) in [5, 5.41) is 20.9. The molecule has 45 heavy (non-hydrogen) atoms. The molecule has 0 aliphatic rings. The Bertz CT molecular complexity index is 2050. The first kappa shape index (κ1) is 34.6. The molecular formula is C29H31N5O9S2. The standard InChI is InChI=1S/C25H22N4O8S2.C4H9NO/c1-13-9-15(3-6-18(13)27-12-30)16-4-7-19(14(2)10-16)28-29-20-8-5-17-21(38(32,33)34)11-22(39(35,36)37)24(26)23(17)25(20)31;1-2-3-4(5)6/h3-12,31H,26H2,1-2H3,(H,27,30)(H,32,33,34)(H,35,36,37);2-3H2,1H3,(H2,5,6). The van der Waals surface area contributed by atoms with Crippen molar-refractivity contribution in [3.8, 4) is 16.9 Å². The van der Waals surface area contributed by atoms with Crippen LogP contribution in [0, 0.1) is 13.8 Å². The number of carbonyl (C=O) groups excluding carboxylic acids is 2. The Kier molecular flexibility index (Phi) is 10.6. The van der Waals surface area contributed by atoms with E-state index in [2.05, 4.69) is 15.5 Å². The smallest absolute Gasteiger partial charge is 0.296 e. The fraction of sp³-hybridized carbons (Fsp3) is 0.172. The number of benzene rings is 4. The molecule has 4 rings (SSSR count). The summed E-state index contributed by atoms with van der Waals surface area (Å²) in [5.74, 6) is -0.921. The Labute approximate surface area is 259 Å². The lowest BCUT2D eigenvalue weighted by molar-refractivity contribution is -0.118. The van der Waals surface area contributed by atoms with Gasteiger partial charge in [0.05, 0.1) is 16.8 Å². The van der Waals surface area contributed by atoms with E-state index >= 15 is 0 Å². The first-order chi connectivity index (χ1) is 21.0. The second-order valence-corrected chi connectivity index (χ2v) is 12.6. The van der Waals surface area contributed by atoms with Crippen molar-refractivity contribution in [3.63, 3.8) is 0 Å². The fourth-order valence-corrected chi connectivity index (χ4v) is 5.77. The Morgan fingerprint density at radius 2 is 1.42 bits per heavy atom. The topological polar surface area (TPSA) is 252 Å². The summed E-state index contributed by atoms with van der Waals surface area (Å²) in [6.07, 6.45) is 1.98. The van der Waals surface area contributed by atoms with Crippen LogP contribution in [0.15, 0.2) is 74.6 Å². The minimum atomic E-state index is -5.02. The van der Waals surface area contributed by atoms with Crippen molar-refractivity contribution in [1.82, 2.24) is 0 Å². The minimum Gasteiger partial charge on any atom is -0.505 e. The zero-order chi connectivity index (χ0) is 33.7. The largest absolute Gasteiger partial charge is 0.505 e. The highest BCUT2D eigenvalue weighted by Gasteiger charge is 2.26. The second-order valence-electron chi connectivity index (χ2n) is 9.80. The molecule has 4 aromatic rings. The highest BCUT2D eigenvalue weighted by molar-refractivity contribution is 7.87. The van der Waals surface area contributed by atoms with Gasteiger partial charge in [-0.15, -0.1) is 5.11 Å². The fourth-order valence-electron chi connectivity index (χ4n) is 4.33. The molecule has 0 atom stereocenters. The molecule has 0 aliphatic carbocycles. The van der Waals surface area contributed by atoms with Crippen LogP contribution in [0.4, 0.5) is 22.7 Å².